The molecule has 0 saturated carbocycles. The molecule has 1 rings (SSSR count). The predicted molar refractivity (Wildman–Crippen MR) is 72.8 cm³/mol. The molecule has 0 saturated heterocycles. The number of hydrogen-bond acceptors (Lipinski definition) is 4. The van der Waals surface area contributed by atoms with Gasteiger partial charge in [-0.3, -0.25) is 14.9 Å². The summed E-state index contributed by atoms with van der Waals surface area (Å²) in [5, 5.41) is 16.7. The molecule has 2 N–H and O–H groups in total. The molecule has 6 heteroatoms. The first-order valence-electron chi connectivity index (χ1n) is 6.26. The van der Waals surface area contributed by atoms with Crippen LogP contribution in [0.25, 0.3) is 0 Å². The highest BCUT2D eigenvalue weighted by molar-refractivity contribution is 5.72. The first-order valence-corrected chi connectivity index (χ1v) is 6.26. The second-order valence-electron chi connectivity index (χ2n) is 4.25. The number of nitrogens with zero attached hydrogens (tertiary/aromatic N) is 1. The Balaban J connectivity index is 2.61. The van der Waals surface area contributed by atoms with Crippen LogP contribution in [-0.4, -0.2) is 23.9 Å². The number of nitro groups is 1. The normalized spacial score (nSPS) is 11.9. The highest BCUT2D eigenvalue weighted by Crippen LogP contribution is 2.21. The predicted octanol–water partition coefficient (Wildman–Crippen LogP) is 1.77. The summed E-state index contributed by atoms with van der Waals surface area (Å²) in [7, 11) is 0. The number of rotatable bonds is 7. The van der Waals surface area contributed by atoms with E-state index in [1.54, 1.807) is 12.1 Å². The van der Waals surface area contributed by atoms with Crippen LogP contribution >= 0.6 is 0 Å². The Morgan fingerprint density at radius 3 is 2.74 bits per heavy atom. The minimum absolute atomic E-state index is 0.0497. The van der Waals surface area contributed by atoms with Crippen molar-refractivity contribution in [2.45, 2.75) is 26.3 Å². The Bertz CT molecular complexity index is 449. The Morgan fingerprint density at radius 2 is 2.16 bits per heavy atom. The van der Waals surface area contributed by atoms with Gasteiger partial charge in [-0.15, -0.1) is 0 Å². The third-order valence-corrected chi connectivity index (χ3v) is 2.78. The van der Waals surface area contributed by atoms with Crippen molar-refractivity contribution in [3.63, 3.8) is 0 Å². The maximum atomic E-state index is 10.7. The molecular weight excluding hydrogens is 246 g/mol. The summed E-state index contributed by atoms with van der Waals surface area (Å²) < 4.78 is 0. The fourth-order valence-corrected chi connectivity index (χ4v) is 1.84. The van der Waals surface area contributed by atoms with Crippen LogP contribution in [0.2, 0.25) is 0 Å². The Hall–Kier alpha value is -1.95. The zero-order valence-electron chi connectivity index (χ0n) is 11.2. The van der Waals surface area contributed by atoms with Crippen molar-refractivity contribution in [3.8, 4) is 0 Å². The van der Waals surface area contributed by atoms with Gasteiger partial charge in [0.15, 0.2) is 0 Å². The lowest BCUT2D eigenvalue weighted by molar-refractivity contribution is -0.384. The second-order valence-corrected chi connectivity index (χ2v) is 4.25. The summed E-state index contributed by atoms with van der Waals surface area (Å²) in [6.45, 7) is 4.65. The van der Waals surface area contributed by atoms with Gasteiger partial charge in [-0.25, -0.2) is 0 Å². The van der Waals surface area contributed by atoms with Crippen LogP contribution in [0.3, 0.4) is 0 Å². The lowest BCUT2D eigenvalue weighted by atomic mass is 10.0. The average molecular weight is 265 g/mol. The topological polar surface area (TPSA) is 84.3 Å². The highest BCUT2D eigenvalue weighted by atomic mass is 16.6. The number of nitrogens with one attached hydrogen (secondary N) is 2. The molecule has 1 aromatic carbocycles. The van der Waals surface area contributed by atoms with Gasteiger partial charge in [-0.2, -0.15) is 0 Å². The van der Waals surface area contributed by atoms with Gasteiger partial charge in [-0.1, -0.05) is 19.1 Å². The lowest BCUT2D eigenvalue weighted by Crippen LogP contribution is -2.32. The number of hydrogen-bond donors (Lipinski definition) is 2. The van der Waals surface area contributed by atoms with Crippen molar-refractivity contribution in [1.82, 2.24) is 10.6 Å². The van der Waals surface area contributed by atoms with Crippen LogP contribution in [-0.2, 0) is 4.79 Å². The molecular formula is C13H19N3O3. The van der Waals surface area contributed by atoms with Crippen molar-refractivity contribution in [1.29, 1.82) is 0 Å². The van der Waals surface area contributed by atoms with E-state index in [1.165, 1.54) is 13.0 Å². The first-order chi connectivity index (χ1) is 9.04. The Morgan fingerprint density at radius 1 is 1.42 bits per heavy atom. The van der Waals surface area contributed by atoms with E-state index in [4.69, 9.17) is 0 Å². The minimum atomic E-state index is -0.395. The van der Waals surface area contributed by atoms with E-state index in [0.717, 1.165) is 12.0 Å². The molecule has 0 aliphatic rings. The van der Waals surface area contributed by atoms with Crippen molar-refractivity contribution < 1.29 is 9.72 Å². The summed E-state index contributed by atoms with van der Waals surface area (Å²) in [6.07, 6.45) is 0.821. The number of amides is 1. The highest BCUT2D eigenvalue weighted by Gasteiger charge is 2.12. The Kier molecular flexibility index (Phi) is 5.95. The van der Waals surface area contributed by atoms with Crippen molar-refractivity contribution in [3.05, 3.63) is 39.9 Å². The molecule has 19 heavy (non-hydrogen) atoms. The van der Waals surface area contributed by atoms with Crippen LogP contribution in [0.5, 0.6) is 0 Å². The van der Waals surface area contributed by atoms with Crippen LogP contribution in [0.1, 0.15) is 31.9 Å². The van der Waals surface area contributed by atoms with E-state index < -0.39 is 4.92 Å². The van der Waals surface area contributed by atoms with Crippen LogP contribution in [0, 0.1) is 10.1 Å². The van der Waals surface area contributed by atoms with E-state index in [-0.39, 0.29) is 17.6 Å². The van der Waals surface area contributed by atoms with E-state index in [9.17, 15) is 14.9 Å². The minimum Gasteiger partial charge on any atom is -0.355 e. The Labute approximate surface area is 112 Å². The zero-order valence-corrected chi connectivity index (χ0v) is 11.2. The summed E-state index contributed by atoms with van der Waals surface area (Å²) in [5.74, 6) is -0.0646. The summed E-state index contributed by atoms with van der Waals surface area (Å²) in [4.78, 5) is 21.1. The quantitative estimate of drug-likeness (QED) is 0.447. The molecule has 0 spiro atoms. The van der Waals surface area contributed by atoms with Crippen LogP contribution in [0.15, 0.2) is 24.3 Å². The maximum absolute atomic E-state index is 10.7. The first kappa shape index (κ1) is 15.1. The molecule has 0 bridgehead atoms. The van der Waals surface area contributed by atoms with Gasteiger partial charge in [0, 0.05) is 38.2 Å². The van der Waals surface area contributed by atoms with E-state index in [2.05, 4.69) is 10.6 Å². The molecule has 0 aliphatic heterocycles. The fraction of sp³-hybridized carbons (Fsp3) is 0.462. The zero-order chi connectivity index (χ0) is 14.3. The SMILES string of the molecule is CCC(NCCNC(C)=O)c1cccc([N+](=O)[O-])c1. The van der Waals surface area contributed by atoms with Crippen molar-refractivity contribution >= 4 is 11.6 Å². The van der Waals surface area contributed by atoms with Crippen LogP contribution < -0.4 is 10.6 Å². The molecule has 6 nitrogen and oxygen atoms in total. The molecule has 0 aromatic heterocycles. The third kappa shape index (κ3) is 5.05. The van der Waals surface area contributed by atoms with E-state index >= 15 is 0 Å². The molecule has 104 valence electrons. The maximum Gasteiger partial charge on any atom is 0.269 e. The largest absolute Gasteiger partial charge is 0.355 e. The van der Waals surface area contributed by atoms with E-state index in [0.29, 0.717) is 13.1 Å². The van der Waals surface area contributed by atoms with Gasteiger partial charge in [-0.05, 0) is 12.0 Å². The molecule has 0 aliphatic carbocycles. The van der Waals surface area contributed by atoms with Gasteiger partial charge in [0.05, 0.1) is 4.92 Å². The molecule has 1 amide bonds. The summed E-state index contributed by atoms with van der Waals surface area (Å²) >= 11 is 0. The second kappa shape index (κ2) is 7.48. The molecule has 1 aromatic rings. The number of non-ortho nitro benzene ring substituents is 1. The van der Waals surface area contributed by atoms with Gasteiger partial charge in [0.1, 0.15) is 0 Å². The van der Waals surface area contributed by atoms with Crippen molar-refractivity contribution in [2.24, 2.45) is 0 Å². The molecule has 1 atom stereocenters. The molecule has 1 unspecified atom stereocenters. The van der Waals surface area contributed by atoms with Gasteiger partial charge in [0.25, 0.3) is 5.69 Å². The molecule has 0 heterocycles. The lowest BCUT2D eigenvalue weighted by Gasteiger charge is -2.17. The fourth-order valence-electron chi connectivity index (χ4n) is 1.84. The monoisotopic (exact) mass is 265 g/mol. The van der Waals surface area contributed by atoms with E-state index in [1.807, 2.05) is 13.0 Å². The van der Waals surface area contributed by atoms with Gasteiger partial charge < -0.3 is 10.6 Å². The van der Waals surface area contributed by atoms with Crippen molar-refractivity contribution in [2.75, 3.05) is 13.1 Å². The average Bonchev–Trinajstić information content (AvgIpc) is 2.38. The number of carbonyl (C=O) groups excluding carboxylic acids is 1. The summed E-state index contributed by atoms with van der Waals surface area (Å²) in [6, 6.07) is 6.67. The molecule has 0 radical (unpaired) electrons. The third-order valence-electron chi connectivity index (χ3n) is 2.78. The molecule has 0 fully saturated rings. The number of carbonyl (C=O) groups is 1. The number of benzene rings is 1. The standard InChI is InChI=1S/C13H19N3O3/c1-3-13(15-8-7-14-10(2)17)11-5-4-6-12(9-11)16(18)19/h4-6,9,13,15H,3,7-8H2,1-2H3,(H,14,17). The summed E-state index contributed by atoms with van der Waals surface area (Å²) in [5.41, 5.74) is 0.985. The smallest absolute Gasteiger partial charge is 0.269 e. The number of nitro benzene ring substituents is 1. The van der Waals surface area contributed by atoms with Gasteiger partial charge in [0.2, 0.25) is 5.91 Å². The van der Waals surface area contributed by atoms with Crippen LogP contribution in [0.4, 0.5) is 5.69 Å². The van der Waals surface area contributed by atoms with Gasteiger partial charge >= 0.3 is 0 Å².